The number of carboxylic acids is 1. The molecule has 0 spiro atoms. The fourth-order valence-electron chi connectivity index (χ4n) is 2.93. The van der Waals surface area contributed by atoms with Crippen LogP contribution in [0.5, 0.6) is 0 Å². The summed E-state index contributed by atoms with van der Waals surface area (Å²) in [6.45, 7) is 3.16. The molecule has 0 aliphatic carbocycles. The van der Waals surface area contributed by atoms with E-state index in [2.05, 4.69) is 35.4 Å². The second-order valence-electron chi connectivity index (χ2n) is 5.49. The molecule has 1 fully saturated rings. The van der Waals surface area contributed by atoms with Gasteiger partial charge in [0.2, 0.25) is 0 Å². The number of piperidine rings is 1. The fourth-order valence-corrected chi connectivity index (χ4v) is 3.54. The van der Waals surface area contributed by atoms with Gasteiger partial charge < -0.3 is 5.11 Å². The predicted octanol–water partition coefficient (Wildman–Crippen LogP) is 3.49. The van der Waals surface area contributed by atoms with Crippen molar-refractivity contribution < 1.29 is 9.90 Å². The Morgan fingerprint density at radius 2 is 2.25 bits per heavy atom. The van der Waals surface area contributed by atoms with Crippen LogP contribution in [0.25, 0.3) is 0 Å². The Bertz CT molecular complexity index is 450. The zero-order valence-electron chi connectivity index (χ0n) is 12.0. The maximum atomic E-state index is 10.7. The van der Waals surface area contributed by atoms with Gasteiger partial charge in [0.1, 0.15) is 0 Å². The van der Waals surface area contributed by atoms with Gasteiger partial charge in [-0.1, -0.05) is 18.2 Å². The van der Waals surface area contributed by atoms with Crippen molar-refractivity contribution in [1.29, 1.82) is 0 Å². The molecule has 0 aromatic heterocycles. The monoisotopic (exact) mass is 293 g/mol. The molecule has 1 saturated heterocycles. The summed E-state index contributed by atoms with van der Waals surface area (Å²) in [6.07, 6.45) is 5.60. The number of rotatable bonds is 6. The number of benzene rings is 1. The highest BCUT2D eigenvalue weighted by molar-refractivity contribution is 7.98. The predicted molar refractivity (Wildman–Crippen MR) is 83.1 cm³/mol. The molecule has 1 heterocycles. The van der Waals surface area contributed by atoms with Gasteiger partial charge in [-0.3, -0.25) is 9.69 Å². The molecule has 1 aromatic rings. The second kappa shape index (κ2) is 7.70. The van der Waals surface area contributed by atoms with Crippen molar-refractivity contribution in [3.05, 3.63) is 29.8 Å². The molecule has 110 valence electrons. The van der Waals surface area contributed by atoms with Crippen LogP contribution >= 0.6 is 11.8 Å². The first-order valence-electron chi connectivity index (χ1n) is 7.25. The Morgan fingerprint density at radius 3 is 3.00 bits per heavy atom. The first kappa shape index (κ1) is 15.4. The van der Waals surface area contributed by atoms with E-state index in [1.165, 1.54) is 23.3 Å². The van der Waals surface area contributed by atoms with Crippen molar-refractivity contribution in [3.8, 4) is 0 Å². The largest absolute Gasteiger partial charge is 0.481 e. The van der Waals surface area contributed by atoms with E-state index < -0.39 is 5.97 Å². The van der Waals surface area contributed by atoms with Crippen LogP contribution in [-0.2, 0) is 11.3 Å². The highest BCUT2D eigenvalue weighted by atomic mass is 32.2. The topological polar surface area (TPSA) is 40.5 Å². The fraction of sp³-hybridized carbons (Fsp3) is 0.562. The van der Waals surface area contributed by atoms with Crippen LogP contribution in [0, 0.1) is 5.92 Å². The standard InChI is InChI=1S/C16H23NO2S/c1-20-15-7-3-2-6-14(15)12-17-10-4-5-13(11-17)8-9-16(18)19/h2-3,6-7,13H,4-5,8-12H2,1H3,(H,18,19). The molecule has 0 saturated carbocycles. The van der Waals surface area contributed by atoms with Gasteiger partial charge >= 0.3 is 5.97 Å². The highest BCUT2D eigenvalue weighted by Gasteiger charge is 2.21. The van der Waals surface area contributed by atoms with Crippen molar-refractivity contribution in [2.24, 2.45) is 5.92 Å². The van der Waals surface area contributed by atoms with Gasteiger partial charge in [0.25, 0.3) is 0 Å². The summed E-state index contributed by atoms with van der Waals surface area (Å²) in [5.41, 5.74) is 1.39. The molecule has 20 heavy (non-hydrogen) atoms. The summed E-state index contributed by atoms with van der Waals surface area (Å²) < 4.78 is 0. The molecule has 1 aliphatic heterocycles. The molecule has 1 aliphatic rings. The first-order valence-corrected chi connectivity index (χ1v) is 8.47. The summed E-state index contributed by atoms with van der Waals surface area (Å²) in [6, 6.07) is 8.56. The number of thioether (sulfide) groups is 1. The van der Waals surface area contributed by atoms with Crippen LogP contribution in [0.3, 0.4) is 0 Å². The molecule has 1 atom stereocenters. The maximum Gasteiger partial charge on any atom is 0.303 e. The first-order chi connectivity index (χ1) is 9.69. The minimum atomic E-state index is -0.671. The lowest BCUT2D eigenvalue weighted by molar-refractivity contribution is -0.137. The number of likely N-dealkylation sites (tertiary alicyclic amines) is 1. The molecule has 0 amide bonds. The minimum absolute atomic E-state index is 0.305. The van der Waals surface area contributed by atoms with Crippen molar-refractivity contribution in [3.63, 3.8) is 0 Å². The number of nitrogens with zero attached hydrogens (tertiary/aromatic N) is 1. The lowest BCUT2D eigenvalue weighted by atomic mass is 9.93. The number of carbonyl (C=O) groups is 1. The summed E-state index contributed by atoms with van der Waals surface area (Å²) in [7, 11) is 0. The van der Waals surface area contributed by atoms with Crippen LogP contribution in [0.4, 0.5) is 0 Å². The molecule has 2 rings (SSSR count). The zero-order valence-corrected chi connectivity index (χ0v) is 12.9. The molecular formula is C16H23NO2S. The molecular weight excluding hydrogens is 270 g/mol. The molecule has 0 bridgehead atoms. The Labute approximate surface area is 125 Å². The SMILES string of the molecule is CSc1ccccc1CN1CCCC(CCC(=O)O)C1. The van der Waals surface area contributed by atoms with E-state index in [1.807, 2.05) is 0 Å². The lowest BCUT2D eigenvalue weighted by Gasteiger charge is -2.33. The summed E-state index contributed by atoms with van der Waals surface area (Å²) in [5, 5.41) is 8.80. The molecule has 3 nitrogen and oxygen atoms in total. The van der Waals surface area contributed by atoms with E-state index in [4.69, 9.17) is 5.11 Å². The smallest absolute Gasteiger partial charge is 0.303 e. The van der Waals surface area contributed by atoms with Gasteiger partial charge in [-0.2, -0.15) is 0 Å². The Morgan fingerprint density at radius 1 is 1.45 bits per heavy atom. The quantitative estimate of drug-likeness (QED) is 0.815. The Kier molecular flexibility index (Phi) is 5.92. The maximum absolute atomic E-state index is 10.7. The Balaban J connectivity index is 1.90. The van der Waals surface area contributed by atoms with Crippen molar-refractivity contribution in [2.45, 2.75) is 37.1 Å². The number of carboxylic acid groups (broad SMARTS) is 1. The van der Waals surface area contributed by atoms with Crippen molar-refractivity contribution in [1.82, 2.24) is 4.90 Å². The van der Waals surface area contributed by atoms with E-state index >= 15 is 0 Å². The van der Waals surface area contributed by atoms with Crippen LogP contribution in [0.1, 0.15) is 31.2 Å². The van der Waals surface area contributed by atoms with Gasteiger partial charge in [-0.25, -0.2) is 0 Å². The van der Waals surface area contributed by atoms with Gasteiger partial charge in [0.05, 0.1) is 0 Å². The summed E-state index contributed by atoms with van der Waals surface area (Å²) in [5.74, 6) is -0.129. The normalized spacial score (nSPS) is 19.9. The van der Waals surface area contributed by atoms with E-state index in [9.17, 15) is 4.79 Å². The molecule has 4 heteroatoms. The van der Waals surface area contributed by atoms with E-state index in [-0.39, 0.29) is 0 Å². The average Bonchev–Trinajstić information content (AvgIpc) is 2.46. The third kappa shape index (κ3) is 4.53. The van der Waals surface area contributed by atoms with Crippen LogP contribution in [-0.4, -0.2) is 35.3 Å². The summed E-state index contributed by atoms with van der Waals surface area (Å²) in [4.78, 5) is 14.5. The van der Waals surface area contributed by atoms with Crippen molar-refractivity contribution in [2.75, 3.05) is 19.3 Å². The lowest BCUT2D eigenvalue weighted by Crippen LogP contribution is -2.35. The van der Waals surface area contributed by atoms with E-state index in [0.29, 0.717) is 12.3 Å². The van der Waals surface area contributed by atoms with Gasteiger partial charge in [-0.05, 0) is 49.6 Å². The molecule has 0 radical (unpaired) electrons. The molecule has 1 aromatic carbocycles. The van der Waals surface area contributed by atoms with E-state index in [1.54, 1.807) is 11.8 Å². The van der Waals surface area contributed by atoms with Crippen molar-refractivity contribution >= 4 is 17.7 Å². The second-order valence-corrected chi connectivity index (χ2v) is 6.34. The molecule has 1 unspecified atom stereocenters. The third-order valence-electron chi connectivity index (χ3n) is 3.96. The number of hydrogen-bond acceptors (Lipinski definition) is 3. The zero-order chi connectivity index (χ0) is 14.4. The highest BCUT2D eigenvalue weighted by Crippen LogP contribution is 2.25. The van der Waals surface area contributed by atoms with Gasteiger partial charge in [0.15, 0.2) is 0 Å². The van der Waals surface area contributed by atoms with E-state index in [0.717, 1.165) is 26.1 Å². The average molecular weight is 293 g/mol. The summed E-state index contributed by atoms with van der Waals surface area (Å²) >= 11 is 1.79. The third-order valence-corrected chi connectivity index (χ3v) is 4.79. The van der Waals surface area contributed by atoms with Gasteiger partial charge in [0, 0.05) is 24.4 Å². The Hall–Kier alpha value is -1.00. The minimum Gasteiger partial charge on any atom is -0.481 e. The van der Waals surface area contributed by atoms with Gasteiger partial charge in [-0.15, -0.1) is 11.8 Å². The number of aliphatic carboxylic acids is 1. The van der Waals surface area contributed by atoms with Crippen LogP contribution < -0.4 is 0 Å². The number of hydrogen-bond donors (Lipinski definition) is 1. The van der Waals surface area contributed by atoms with Crippen LogP contribution in [0.15, 0.2) is 29.2 Å². The van der Waals surface area contributed by atoms with Crippen LogP contribution in [0.2, 0.25) is 0 Å². The molecule has 1 N–H and O–H groups in total.